The largest absolute Gasteiger partial charge is 0.367 e. The highest BCUT2D eigenvalue weighted by Crippen LogP contribution is 2.22. The lowest BCUT2D eigenvalue weighted by Gasteiger charge is -2.35. The summed E-state index contributed by atoms with van der Waals surface area (Å²) < 4.78 is 14.7. The zero-order chi connectivity index (χ0) is 18.4. The average molecular weight is 362 g/mol. The van der Waals surface area contributed by atoms with Gasteiger partial charge >= 0.3 is 0 Å². The second-order valence-corrected chi connectivity index (χ2v) is 7.07. The summed E-state index contributed by atoms with van der Waals surface area (Å²) in [5.74, 6) is 0.819. The quantitative estimate of drug-likeness (QED) is 0.646. The van der Waals surface area contributed by atoms with Crippen LogP contribution in [0, 0.1) is 5.82 Å². The highest BCUT2D eigenvalue weighted by Gasteiger charge is 2.19. The molecular weight excluding hydrogens is 329 g/mol. The van der Waals surface area contributed by atoms with Gasteiger partial charge in [0.2, 0.25) is 0 Å². The van der Waals surface area contributed by atoms with Gasteiger partial charge in [0.05, 0.1) is 12.2 Å². The minimum absolute atomic E-state index is 0.131. The second-order valence-electron chi connectivity index (χ2n) is 7.07. The molecule has 5 nitrogen and oxygen atoms in total. The van der Waals surface area contributed by atoms with Gasteiger partial charge in [-0.1, -0.05) is 13.0 Å². The van der Waals surface area contributed by atoms with E-state index in [0.717, 1.165) is 69.6 Å². The van der Waals surface area contributed by atoms with Crippen LogP contribution in [-0.2, 0) is 6.54 Å². The van der Waals surface area contributed by atoms with E-state index in [1.54, 1.807) is 6.07 Å². The lowest BCUT2D eigenvalue weighted by Crippen LogP contribution is -2.46. The molecule has 0 unspecified atom stereocenters. The standard InChI is InChI=1S/C20H32FN5/c1-3-22-20(26-9-5-6-10-26)23-16-17-7-8-19(18(21)15-17)25-13-11-24(4-2)12-14-25/h7-8,15H,3-6,9-14,16H2,1-2H3,(H,22,23). The Hall–Kier alpha value is -1.82. The molecule has 26 heavy (non-hydrogen) atoms. The van der Waals surface area contributed by atoms with Crippen molar-refractivity contribution in [1.82, 2.24) is 15.1 Å². The zero-order valence-electron chi connectivity index (χ0n) is 16.2. The molecule has 6 heteroatoms. The first-order valence-corrected chi connectivity index (χ1v) is 10.00. The number of likely N-dealkylation sites (N-methyl/N-ethyl adjacent to an activating group) is 1. The maximum absolute atomic E-state index is 14.7. The van der Waals surface area contributed by atoms with E-state index in [1.165, 1.54) is 12.8 Å². The van der Waals surface area contributed by atoms with Crippen molar-refractivity contribution in [1.29, 1.82) is 0 Å². The molecule has 0 spiro atoms. The average Bonchev–Trinajstić information content (AvgIpc) is 3.20. The number of anilines is 1. The van der Waals surface area contributed by atoms with Gasteiger partial charge in [0.25, 0.3) is 0 Å². The van der Waals surface area contributed by atoms with Crippen molar-refractivity contribution in [3.8, 4) is 0 Å². The van der Waals surface area contributed by atoms with E-state index in [9.17, 15) is 4.39 Å². The van der Waals surface area contributed by atoms with Gasteiger partial charge < -0.3 is 20.0 Å². The van der Waals surface area contributed by atoms with Crippen LogP contribution < -0.4 is 10.2 Å². The maximum atomic E-state index is 14.7. The molecule has 0 radical (unpaired) electrons. The third kappa shape index (κ3) is 4.67. The van der Waals surface area contributed by atoms with Crippen molar-refractivity contribution in [2.24, 2.45) is 4.99 Å². The molecule has 0 atom stereocenters. The fourth-order valence-corrected chi connectivity index (χ4v) is 3.73. The van der Waals surface area contributed by atoms with E-state index in [1.807, 2.05) is 12.1 Å². The number of aliphatic imine (C=N–C) groups is 1. The molecule has 2 saturated heterocycles. The van der Waals surface area contributed by atoms with Crippen LogP contribution in [0.4, 0.5) is 10.1 Å². The van der Waals surface area contributed by atoms with Crippen molar-refractivity contribution in [2.75, 3.05) is 57.3 Å². The molecule has 144 valence electrons. The smallest absolute Gasteiger partial charge is 0.194 e. The van der Waals surface area contributed by atoms with Crippen LogP contribution in [0.15, 0.2) is 23.2 Å². The molecule has 2 aliphatic heterocycles. The highest BCUT2D eigenvalue weighted by atomic mass is 19.1. The van der Waals surface area contributed by atoms with Gasteiger partial charge in [0.1, 0.15) is 5.82 Å². The van der Waals surface area contributed by atoms with Crippen molar-refractivity contribution in [3.63, 3.8) is 0 Å². The molecule has 0 bridgehead atoms. The van der Waals surface area contributed by atoms with Crippen LogP contribution in [0.5, 0.6) is 0 Å². The van der Waals surface area contributed by atoms with Gasteiger partial charge in [0.15, 0.2) is 5.96 Å². The predicted molar refractivity (Wildman–Crippen MR) is 106 cm³/mol. The fourth-order valence-electron chi connectivity index (χ4n) is 3.73. The van der Waals surface area contributed by atoms with E-state index in [4.69, 9.17) is 4.99 Å². The Morgan fingerprint density at radius 2 is 1.81 bits per heavy atom. The first-order valence-electron chi connectivity index (χ1n) is 10.00. The summed E-state index contributed by atoms with van der Waals surface area (Å²) in [5, 5.41) is 3.35. The van der Waals surface area contributed by atoms with Crippen molar-refractivity contribution in [3.05, 3.63) is 29.6 Å². The summed E-state index contributed by atoms with van der Waals surface area (Å²) >= 11 is 0. The van der Waals surface area contributed by atoms with Crippen LogP contribution in [0.2, 0.25) is 0 Å². The number of halogens is 1. The van der Waals surface area contributed by atoms with E-state index in [-0.39, 0.29) is 5.82 Å². The zero-order valence-corrected chi connectivity index (χ0v) is 16.2. The van der Waals surface area contributed by atoms with E-state index < -0.39 is 0 Å². The van der Waals surface area contributed by atoms with E-state index in [2.05, 4.69) is 33.9 Å². The number of guanidine groups is 1. The molecule has 2 heterocycles. The number of hydrogen-bond acceptors (Lipinski definition) is 3. The SMILES string of the molecule is CCNC(=NCc1ccc(N2CCN(CC)CC2)c(F)c1)N1CCCC1. The van der Waals surface area contributed by atoms with Gasteiger partial charge in [-0.05, 0) is 44.0 Å². The molecule has 3 rings (SSSR count). The summed E-state index contributed by atoms with van der Waals surface area (Å²) in [6, 6.07) is 5.59. The summed E-state index contributed by atoms with van der Waals surface area (Å²) in [4.78, 5) is 11.6. The van der Waals surface area contributed by atoms with Gasteiger partial charge in [-0.25, -0.2) is 9.38 Å². The summed E-state index contributed by atoms with van der Waals surface area (Å²) in [6.07, 6.45) is 2.44. The Balaban J connectivity index is 1.64. The predicted octanol–water partition coefficient (Wildman–Crippen LogP) is 2.53. The summed E-state index contributed by atoms with van der Waals surface area (Å²) in [7, 11) is 0. The topological polar surface area (TPSA) is 34.1 Å². The lowest BCUT2D eigenvalue weighted by molar-refractivity contribution is 0.270. The number of rotatable bonds is 5. The molecular formula is C20H32FN5. The van der Waals surface area contributed by atoms with E-state index in [0.29, 0.717) is 6.54 Å². The number of piperazine rings is 1. The number of nitrogens with one attached hydrogen (secondary N) is 1. The van der Waals surface area contributed by atoms with Gasteiger partial charge in [0, 0.05) is 45.8 Å². The van der Waals surface area contributed by atoms with Crippen LogP contribution in [0.3, 0.4) is 0 Å². The monoisotopic (exact) mass is 361 g/mol. The molecule has 0 aromatic heterocycles. The molecule has 2 fully saturated rings. The number of hydrogen-bond donors (Lipinski definition) is 1. The summed E-state index contributed by atoms with van der Waals surface area (Å²) in [5.41, 5.74) is 1.65. The summed E-state index contributed by atoms with van der Waals surface area (Å²) in [6.45, 7) is 12.6. The Bertz CT molecular complexity index is 604. The van der Waals surface area contributed by atoms with Crippen LogP contribution in [0.1, 0.15) is 32.3 Å². The first-order chi connectivity index (χ1) is 12.7. The van der Waals surface area contributed by atoms with Crippen molar-refractivity contribution >= 4 is 11.6 Å². The van der Waals surface area contributed by atoms with Crippen molar-refractivity contribution in [2.45, 2.75) is 33.2 Å². The first kappa shape index (κ1) is 19.0. The van der Waals surface area contributed by atoms with Crippen molar-refractivity contribution < 1.29 is 4.39 Å². The maximum Gasteiger partial charge on any atom is 0.194 e. The molecule has 0 amide bonds. The minimum Gasteiger partial charge on any atom is -0.367 e. The molecule has 0 aliphatic carbocycles. The highest BCUT2D eigenvalue weighted by molar-refractivity contribution is 5.80. The Labute approximate surface area is 156 Å². The van der Waals surface area contributed by atoms with Crippen LogP contribution in [-0.4, -0.2) is 68.1 Å². The Kier molecular flexibility index (Phi) is 6.72. The second kappa shape index (κ2) is 9.21. The number of benzene rings is 1. The van der Waals surface area contributed by atoms with E-state index >= 15 is 0 Å². The molecule has 1 aromatic carbocycles. The fraction of sp³-hybridized carbons (Fsp3) is 0.650. The van der Waals surface area contributed by atoms with Gasteiger partial charge in [-0.3, -0.25) is 0 Å². The molecule has 1 aromatic rings. The van der Waals surface area contributed by atoms with Gasteiger partial charge in [-0.2, -0.15) is 0 Å². The molecule has 2 aliphatic rings. The lowest BCUT2D eigenvalue weighted by atomic mass is 10.1. The Morgan fingerprint density at radius 1 is 1.08 bits per heavy atom. The van der Waals surface area contributed by atoms with Crippen LogP contribution in [0.25, 0.3) is 0 Å². The van der Waals surface area contributed by atoms with Crippen LogP contribution >= 0.6 is 0 Å². The number of likely N-dealkylation sites (tertiary alicyclic amines) is 1. The normalized spacial score (nSPS) is 19.3. The Morgan fingerprint density at radius 3 is 2.42 bits per heavy atom. The third-order valence-electron chi connectivity index (χ3n) is 5.32. The third-order valence-corrected chi connectivity index (χ3v) is 5.32. The molecule has 1 N–H and O–H groups in total. The molecule has 0 saturated carbocycles. The van der Waals surface area contributed by atoms with Gasteiger partial charge in [-0.15, -0.1) is 0 Å². The minimum atomic E-state index is -0.131. The number of nitrogens with zero attached hydrogens (tertiary/aromatic N) is 4.